The van der Waals surface area contributed by atoms with Crippen molar-refractivity contribution < 1.29 is 14.3 Å². The van der Waals surface area contributed by atoms with Gasteiger partial charge in [-0.15, -0.1) is 0 Å². The number of hydrogen-bond acceptors (Lipinski definition) is 3. The van der Waals surface area contributed by atoms with Gasteiger partial charge in [-0.1, -0.05) is 72.8 Å². The zero-order valence-electron chi connectivity index (χ0n) is 14.5. The Kier molecular flexibility index (Phi) is 4.54. The molecule has 0 bridgehead atoms. The van der Waals surface area contributed by atoms with Gasteiger partial charge in [0.1, 0.15) is 6.61 Å². The first-order valence-electron chi connectivity index (χ1n) is 8.65. The molecule has 0 atom stereocenters. The molecule has 4 heteroatoms. The maximum atomic E-state index is 12.8. The maximum Gasteiger partial charge on any atom is 0.418 e. The molecule has 0 saturated carbocycles. The zero-order chi connectivity index (χ0) is 18.6. The number of hydrogen-bond donors (Lipinski definition) is 0. The minimum Gasteiger partial charge on any atom is -0.444 e. The molecule has 27 heavy (non-hydrogen) atoms. The third-order valence-corrected chi connectivity index (χ3v) is 4.42. The number of nitrogens with zero attached hydrogens (tertiary/aromatic N) is 1. The van der Waals surface area contributed by atoms with Gasteiger partial charge >= 0.3 is 6.09 Å². The molecule has 4 nitrogen and oxygen atoms in total. The van der Waals surface area contributed by atoms with E-state index in [1.807, 2.05) is 48.5 Å². The summed E-state index contributed by atoms with van der Waals surface area (Å²) < 4.78 is 6.84. The first kappa shape index (κ1) is 16.8. The minimum absolute atomic E-state index is 0.0726. The van der Waals surface area contributed by atoms with Crippen molar-refractivity contribution in [2.75, 3.05) is 0 Å². The summed E-state index contributed by atoms with van der Waals surface area (Å²) >= 11 is 0. The SMILES string of the molecule is O=C(c1ccccc1)c1cccc2c1ccn2C(=O)OCc1ccccc1. The lowest BCUT2D eigenvalue weighted by Crippen LogP contribution is -2.12. The van der Waals surface area contributed by atoms with E-state index >= 15 is 0 Å². The van der Waals surface area contributed by atoms with E-state index in [0.29, 0.717) is 16.6 Å². The predicted octanol–water partition coefficient (Wildman–Crippen LogP) is 5.06. The molecule has 0 N–H and O–H groups in total. The van der Waals surface area contributed by atoms with Crippen LogP contribution in [0.1, 0.15) is 21.5 Å². The van der Waals surface area contributed by atoms with Crippen LogP contribution in [-0.2, 0) is 11.3 Å². The van der Waals surface area contributed by atoms with Crippen molar-refractivity contribution in [3.8, 4) is 0 Å². The van der Waals surface area contributed by atoms with Gasteiger partial charge in [-0.2, -0.15) is 0 Å². The standard InChI is InChI=1S/C23H17NO3/c25-22(18-10-5-2-6-11-18)20-12-7-13-21-19(20)14-15-24(21)23(26)27-16-17-8-3-1-4-9-17/h1-15H,16H2. The van der Waals surface area contributed by atoms with E-state index in [1.165, 1.54) is 4.57 Å². The first-order chi connectivity index (χ1) is 13.2. The van der Waals surface area contributed by atoms with Crippen molar-refractivity contribution >= 4 is 22.8 Å². The Hall–Kier alpha value is -3.66. The molecule has 3 aromatic carbocycles. The summed E-state index contributed by atoms with van der Waals surface area (Å²) in [5, 5.41) is 0.725. The van der Waals surface area contributed by atoms with Crippen molar-refractivity contribution in [1.29, 1.82) is 0 Å². The number of ether oxygens (including phenoxy) is 1. The van der Waals surface area contributed by atoms with Gasteiger partial charge in [0.2, 0.25) is 0 Å². The number of carbonyl (C=O) groups excluding carboxylic acids is 2. The van der Waals surface area contributed by atoms with Crippen LogP contribution in [0, 0.1) is 0 Å². The fourth-order valence-corrected chi connectivity index (χ4v) is 3.06. The lowest BCUT2D eigenvalue weighted by atomic mass is 10.0. The fourth-order valence-electron chi connectivity index (χ4n) is 3.06. The van der Waals surface area contributed by atoms with Crippen LogP contribution in [0.15, 0.2) is 91.1 Å². The number of rotatable bonds is 4. The molecule has 0 aliphatic rings. The van der Waals surface area contributed by atoms with E-state index in [-0.39, 0.29) is 12.4 Å². The van der Waals surface area contributed by atoms with E-state index < -0.39 is 6.09 Å². The van der Waals surface area contributed by atoms with Crippen LogP contribution in [-0.4, -0.2) is 16.4 Å². The van der Waals surface area contributed by atoms with E-state index in [1.54, 1.807) is 42.6 Å². The summed E-state index contributed by atoms with van der Waals surface area (Å²) in [4.78, 5) is 25.3. The highest BCUT2D eigenvalue weighted by atomic mass is 16.5. The van der Waals surface area contributed by atoms with Crippen LogP contribution in [0.2, 0.25) is 0 Å². The largest absolute Gasteiger partial charge is 0.444 e. The van der Waals surface area contributed by atoms with Crippen molar-refractivity contribution in [2.24, 2.45) is 0 Å². The van der Waals surface area contributed by atoms with Crippen LogP contribution < -0.4 is 0 Å². The number of benzene rings is 3. The monoisotopic (exact) mass is 355 g/mol. The van der Waals surface area contributed by atoms with Crippen LogP contribution in [0.25, 0.3) is 10.9 Å². The molecule has 0 spiro atoms. The van der Waals surface area contributed by atoms with Crippen LogP contribution in [0.4, 0.5) is 4.79 Å². The molecule has 0 amide bonds. The fraction of sp³-hybridized carbons (Fsp3) is 0.0435. The number of aromatic nitrogens is 1. The van der Waals surface area contributed by atoms with Gasteiger partial charge in [-0.3, -0.25) is 9.36 Å². The number of carbonyl (C=O) groups is 2. The summed E-state index contributed by atoms with van der Waals surface area (Å²) in [6.07, 6.45) is 1.16. The second-order valence-corrected chi connectivity index (χ2v) is 6.16. The molecule has 132 valence electrons. The Morgan fingerprint density at radius 2 is 1.48 bits per heavy atom. The third kappa shape index (κ3) is 3.37. The second-order valence-electron chi connectivity index (χ2n) is 6.16. The summed E-state index contributed by atoms with van der Waals surface area (Å²) in [7, 11) is 0. The molecule has 4 rings (SSSR count). The molecule has 1 aromatic heterocycles. The first-order valence-corrected chi connectivity index (χ1v) is 8.65. The third-order valence-electron chi connectivity index (χ3n) is 4.42. The van der Waals surface area contributed by atoms with Gasteiger partial charge in [-0.25, -0.2) is 4.79 Å². The van der Waals surface area contributed by atoms with E-state index in [9.17, 15) is 9.59 Å². The topological polar surface area (TPSA) is 48.3 Å². The Morgan fingerprint density at radius 3 is 2.22 bits per heavy atom. The van der Waals surface area contributed by atoms with Gasteiger partial charge in [0, 0.05) is 22.7 Å². The van der Waals surface area contributed by atoms with Crippen molar-refractivity contribution in [3.63, 3.8) is 0 Å². The molecule has 0 aliphatic carbocycles. The zero-order valence-corrected chi connectivity index (χ0v) is 14.5. The van der Waals surface area contributed by atoms with Gasteiger partial charge in [0.15, 0.2) is 5.78 Å². The Balaban J connectivity index is 1.62. The number of ketones is 1. The van der Waals surface area contributed by atoms with Crippen molar-refractivity contribution in [3.05, 3.63) is 108 Å². The summed E-state index contributed by atoms with van der Waals surface area (Å²) in [5.41, 5.74) is 2.75. The molecular weight excluding hydrogens is 338 g/mol. The van der Waals surface area contributed by atoms with E-state index in [2.05, 4.69) is 0 Å². The lowest BCUT2D eigenvalue weighted by Gasteiger charge is -2.08. The highest BCUT2D eigenvalue weighted by Gasteiger charge is 2.16. The maximum absolute atomic E-state index is 12.8. The Bertz CT molecular complexity index is 1100. The van der Waals surface area contributed by atoms with Crippen LogP contribution in [0.3, 0.4) is 0 Å². The summed E-state index contributed by atoms with van der Waals surface area (Å²) in [5.74, 6) is -0.0726. The van der Waals surface area contributed by atoms with Crippen LogP contribution >= 0.6 is 0 Å². The van der Waals surface area contributed by atoms with Gasteiger partial charge in [0.05, 0.1) is 5.52 Å². The lowest BCUT2D eigenvalue weighted by molar-refractivity contribution is 0.104. The van der Waals surface area contributed by atoms with E-state index in [4.69, 9.17) is 4.74 Å². The Morgan fingerprint density at radius 1 is 0.778 bits per heavy atom. The molecule has 0 unspecified atom stereocenters. The Labute approximate surface area is 156 Å². The summed E-state index contributed by atoms with van der Waals surface area (Å²) in [6, 6.07) is 25.7. The van der Waals surface area contributed by atoms with Crippen molar-refractivity contribution in [2.45, 2.75) is 6.61 Å². The van der Waals surface area contributed by atoms with Gasteiger partial charge in [-0.05, 0) is 17.7 Å². The average Bonchev–Trinajstić information content (AvgIpc) is 3.17. The molecular formula is C23H17NO3. The normalized spacial score (nSPS) is 10.7. The quantitative estimate of drug-likeness (QED) is 0.481. The molecule has 0 radical (unpaired) electrons. The van der Waals surface area contributed by atoms with Crippen molar-refractivity contribution in [1.82, 2.24) is 4.57 Å². The molecule has 0 aliphatic heterocycles. The average molecular weight is 355 g/mol. The highest BCUT2D eigenvalue weighted by molar-refractivity contribution is 6.16. The minimum atomic E-state index is -0.474. The predicted molar refractivity (Wildman–Crippen MR) is 104 cm³/mol. The summed E-state index contributed by atoms with van der Waals surface area (Å²) in [6.45, 7) is 0.196. The molecule has 1 heterocycles. The molecule has 4 aromatic rings. The molecule has 0 saturated heterocycles. The molecule has 0 fully saturated rings. The van der Waals surface area contributed by atoms with Gasteiger partial charge < -0.3 is 4.74 Å². The highest BCUT2D eigenvalue weighted by Crippen LogP contribution is 2.23. The van der Waals surface area contributed by atoms with Gasteiger partial charge in [0.25, 0.3) is 0 Å². The smallest absolute Gasteiger partial charge is 0.418 e. The van der Waals surface area contributed by atoms with Crippen LogP contribution in [0.5, 0.6) is 0 Å². The van der Waals surface area contributed by atoms with E-state index in [0.717, 1.165) is 10.9 Å². The second kappa shape index (κ2) is 7.30. The number of fused-ring (bicyclic) bond motifs is 1.